The summed E-state index contributed by atoms with van der Waals surface area (Å²) in [5.41, 5.74) is 2.22. The molecule has 146 valence electrons. The normalized spacial score (nSPS) is 15.5. The Labute approximate surface area is 170 Å². The predicted octanol–water partition coefficient (Wildman–Crippen LogP) is 3.99. The smallest absolute Gasteiger partial charge is 0.294 e. The molecule has 1 aliphatic heterocycles. The van der Waals surface area contributed by atoms with Crippen LogP contribution in [0, 0.1) is 5.82 Å². The zero-order chi connectivity index (χ0) is 20.5. The highest BCUT2D eigenvalue weighted by Gasteiger charge is 2.36. The number of aromatic nitrogens is 1. The standard InChI is InChI=1S/C21H16FN3O3S/c1-24-11-13(16-4-2-3-5-17(16)24)10-18-20(27)25(21(28)29-18)12-19(26)23-15-8-6-14(22)7-9-15/h2-11H,12H2,1H3,(H,23,26)/b18-10+. The van der Waals surface area contributed by atoms with E-state index < -0.39 is 29.4 Å². The Kier molecular flexibility index (Phi) is 4.94. The van der Waals surface area contributed by atoms with Crippen LogP contribution in [0.15, 0.2) is 59.6 Å². The topological polar surface area (TPSA) is 71.4 Å². The van der Waals surface area contributed by atoms with E-state index in [2.05, 4.69) is 5.32 Å². The quantitative estimate of drug-likeness (QED) is 0.662. The van der Waals surface area contributed by atoms with Gasteiger partial charge in [-0.3, -0.25) is 19.3 Å². The lowest BCUT2D eigenvalue weighted by molar-refractivity contribution is -0.127. The van der Waals surface area contributed by atoms with Crippen LogP contribution in [0.2, 0.25) is 0 Å². The summed E-state index contributed by atoms with van der Waals surface area (Å²) in [5.74, 6) is -1.47. The number of nitrogens with one attached hydrogen (secondary N) is 1. The van der Waals surface area contributed by atoms with Crippen molar-refractivity contribution in [3.05, 3.63) is 71.0 Å². The Hall–Kier alpha value is -3.39. The van der Waals surface area contributed by atoms with Gasteiger partial charge in [0.25, 0.3) is 11.1 Å². The number of hydrogen-bond donors (Lipinski definition) is 1. The molecule has 1 N–H and O–H groups in total. The van der Waals surface area contributed by atoms with Gasteiger partial charge in [0.2, 0.25) is 5.91 Å². The first-order chi connectivity index (χ1) is 13.9. The third-order valence-electron chi connectivity index (χ3n) is 4.52. The van der Waals surface area contributed by atoms with Gasteiger partial charge in [0.15, 0.2) is 0 Å². The van der Waals surface area contributed by atoms with Gasteiger partial charge in [-0.2, -0.15) is 0 Å². The fourth-order valence-corrected chi connectivity index (χ4v) is 3.97. The minimum absolute atomic E-state index is 0.265. The van der Waals surface area contributed by atoms with Gasteiger partial charge in [0, 0.05) is 35.4 Å². The number of carbonyl (C=O) groups is 3. The molecule has 8 heteroatoms. The van der Waals surface area contributed by atoms with Crippen LogP contribution >= 0.6 is 11.8 Å². The average Bonchev–Trinajstić information content (AvgIpc) is 3.15. The van der Waals surface area contributed by atoms with Crippen molar-refractivity contribution < 1.29 is 18.8 Å². The Morgan fingerprint density at radius 1 is 1.14 bits per heavy atom. The van der Waals surface area contributed by atoms with Crippen molar-refractivity contribution in [1.82, 2.24) is 9.47 Å². The third kappa shape index (κ3) is 3.79. The van der Waals surface area contributed by atoms with E-state index in [1.165, 1.54) is 24.3 Å². The minimum Gasteiger partial charge on any atom is -0.350 e. The Morgan fingerprint density at radius 3 is 2.62 bits per heavy atom. The average molecular weight is 409 g/mol. The van der Waals surface area contributed by atoms with E-state index in [-0.39, 0.29) is 4.91 Å². The van der Waals surface area contributed by atoms with Gasteiger partial charge in [-0.05, 0) is 48.2 Å². The number of rotatable bonds is 4. The number of benzene rings is 2. The van der Waals surface area contributed by atoms with Crippen molar-refractivity contribution in [2.75, 3.05) is 11.9 Å². The lowest BCUT2D eigenvalue weighted by Gasteiger charge is -2.12. The summed E-state index contributed by atoms with van der Waals surface area (Å²) < 4.78 is 14.9. The van der Waals surface area contributed by atoms with Crippen molar-refractivity contribution in [2.24, 2.45) is 7.05 Å². The molecule has 0 saturated carbocycles. The first-order valence-electron chi connectivity index (χ1n) is 8.77. The molecule has 2 heterocycles. The Morgan fingerprint density at radius 2 is 1.86 bits per heavy atom. The van der Waals surface area contributed by atoms with Crippen molar-refractivity contribution in [3.8, 4) is 0 Å². The zero-order valence-corrected chi connectivity index (χ0v) is 16.2. The molecule has 3 amide bonds. The first kappa shape index (κ1) is 18.9. The summed E-state index contributed by atoms with van der Waals surface area (Å²) >= 11 is 0.804. The van der Waals surface area contributed by atoms with Crippen LogP contribution < -0.4 is 5.32 Å². The number of anilines is 1. The highest BCUT2D eigenvalue weighted by Crippen LogP contribution is 2.33. The van der Waals surface area contributed by atoms with Gasteiger partial charge in [-0.15, -0.1) is 0 Å². The summed E-state index contributed by atoms with van der Waals surface area (Å²) in [5, 5.41) is 3.01. The van der Waals surface area contributed by atoms with Crippen LogP contribution in [-0.2, 0) is 16.6 Å². The maximum Gasteiger partial charge on any atom is 0.294 e. The number of hydrogen-bond acceptors (Lipinski definition) is 4. The molecule has 1 aromatic heterocycles. The molecule has 3 aromatic rings. The van der Waals surface area contributed by atoms with Crippen LogP contribution in [0.5, 0.6) is 0 Å². The second-order valence-electron chi connectivity index (χ2n) is 6.54. The van der Waals surface area contributed by atoms with E-state index in [1.807, 2.05) is 42.1 Å². The maximum absolute atomic E-state index is 13.0. The number of fused-ring (bicyclic) bond motifs is 1. The van der Waals surface area contributed by atoms with Crippen LogP contribution in [0.25, 0.3) is 17.0 Å². The molecule has 6 nitrogen and oxygen atoms in total. The molecule has 1 saturated heterocycles. The van der Waals surface area contributed by atoms with Gasteiger partial charge in [-0.25, -0.2) is 4.39 Å². The molecule has 0 bridgehead atoms. The van der Waals surface area contributed by atoms with E-state index in [4.69, 9.17) is 0 Å². The first-order valence-corrected chi connectivity index (χ1v) is 9.59. The monoisotopic (exact) mass is 409 g/mol. The SMILES string of the molecule is Cn1cc(/C=C2/SC(=O)N(CC(=O)Nc3ccc(F)cc3)C2=O)c2ccccc21. The molecule has 4 rings (SSSR count). The van der Waals surface area contributed by atoms with Crippen LogP contribution in [-0.4, -0.2) is 33.1 Å². The third-order valence-corrected chi connectivity index (χ3v) is 5.43. The van der Waals surface area contributed by atoms with Crippen molar-refractivity contribution in [3.63, 3.8) is 0 Å². The fraction of sp³-hybridized carbons (Fsp3) is 0.0952. The summed E-state index contributed by atoms with van der Waals surface area (Å²) in [6.45, 7) is -0.408. The Balaban J connectivity index is 1.51. The number of amides is 3. The van der Waals surface area contributed by atoms with Gasteiger partial charge in [0.1, 0.15) is 12.4 Å². The number of aryl methyl sites for hydroxylation is 1. The number of imide groups is 1. The molecule has 0 unspecified atom stereocenters. The van der Waals surface area contributed by atoms with E-state index >= 15 is 0 Å². The Bertz CT molecular complexity index is 1170. The van der Waals surface area contributed by atoms with Crippen LogP contribution in [0.3, 0.4) is 0 Å². The van der Waals surface area contributed by atoms with E-state index in [0.717, 1.165) is 33.1 Å². The predicted molar refractivity (Wildman–Crippen MR) is 111 cm³/mol. The molecule has 29 heavy (non-hydrogen) atoms. The lowest BCUT2D eigenvalue weighted by atomic mass is 10.1. The van der Waals surface area contributed by atoms with E-state index in [9.17, 15) is 18.8 Å². The number of carbonyl (C=O) groups excluding carboxylic acids is 3. The molecule has 2 aromatic carbocycles. The van der Waals surface area contributed by atoms with E-state index in [1.54, 1.807) is 6.08 Å². The molecule has 1 aliphatic rings. The highest BCUT2D eigenvalue weighted by molar-refractivity contribution is 8.18. The van der Waals surface area contributed by atoms with Crippen molar-refractivity contribution >= 4 is 51.5 Å². The fourth-order valence-electron chi connectivity index (χ4n) is 3.14. The van der Waals surface area contributed by atoms with Crippen LogP contribution in [0.1, 0.15) is 5.56 Å². The van der Waals surface area contributed by atoms with Crippen molar-refractivity contribution in [2.45, 2.75) is 0 Å². The summed E-state index contributed by atoms with van der Waals surface area (Å²) in [4.78, 5) is 38.3. The lowest BCUT2D eigenvalue weighted by Crippen LogP contribution is -2.36. The maximum atomic E-state index is 13.0. The number of para-hydroxylation sites is 1. The zero-order valence-electron chi connectivity index (χ0n) is 15.4. The summed E-state index contributed by atoms with van der Waals surface area (Å²) in [7, 11) is 1.91. The summed E-state index contributed by atoms with van der Waals surface area (Å²) in [6.07, 6.45) is 3.56. The van der Waals surface area contributed by atoms with Gasteiger partial charge < -0.3 is 9.88 Å². The molecule has 0 radical (unpaired) electrons. The van der Waals surface area contributed by atoms with Gasteiger partial charge in [-0.1, -0.05) is 18.2 Å². The minimum atomic E-state index is -0.537. The number of halogens is 1. The molecule has 0 aliphatic carbocycles. The number of nitrogens with zero attached hydrogens (tertiary/aromatic N) is 2. The van der Waals surface area contributed by atoms with Gasteiger partial charge >= 0.3 is 0 Å². The number of thioether (sulfide) groups is 1. The highest BCUT2D eigenvalue weighted by atomic mass is 32.2. The molecular weight excluding hydrogens is 393 g/mol. The van der Waals surface area contributed by atoms with Crippen LogP contribution in [0.4, 0.5) is 14.9 Å². The second kappa shape index (κ2) is 7.56. The largest absolute Gasteiger partial charge is 0.350 e. The summed E-state index contributed by atoms with van der Waals surface area (Å²) in [6, 6.07) is 13.0. The molecule has 1 fully saturated rings. The van der Waals surface area contributed by atoms with E-state index in [0.29, 0.717) is 5.69 Å². The molecular formula is C21H16FN3O3S. The second-order valence-corrected chi connectivity index (χ2v) is 7.53. The molecule has 0 atom stereocenters. The van der Waals surface area contributed by atoms with Gasteiger partial charge in [0.05, 0.1) is 4.91 Å². The van der Waals surface area contributed by atoms with Crippen molar-refractivity contribution in [1.29, 1.82) is 0 Å². The molecule has 0 spiro atoms.